The Bertz CT molecular complexity index is 920. The van der Waals surface area contributed by atoms with Crippen LogP contribution in [0.3, 0.4) is 0 Å². The molecule has 1 aromatic carbocycles. The van der Waals surface area contributed by atoms with Crippen LogP contribution in [0.4, 0.5) is 4.79 Å². The van der Waals surface area contributed by atoms with Gasteiger partial charge < -0.3 is 10.2 Å². The Morgan fingerprint density at radius 3 is 2.67 bits per heavy atom. The molecule has 0 unspecified atom stereocenters. The van der Waals surface area contributed by atoms with Crippen LogP contribution in [-0.2, 0) is 21.5 Å². The lowest BCUT2D eigenvalue weighted by Crippen LogP contribution is -2.46. The van der Waals surface area contributed by atoms with Crippen molar-refractivity contribution in [3.8, 4) is 0 Å². The standard InChI is InChI=1S/C24H29N3O3/c28-21(27(19-13-14-19)18-10-2-1-3-11-18)16-26-22(29)24(25-23(26)30)15-7-6-9-17-8-4-5-12-20(17)24/h4-5,8,10,12,19H,1-3,6-7,9,11,13-16H2,(H,25,30)/t24-/m0/s1. The summed E-state index contributed by atoms with van der Waals surface area (Å²) in [6, 6.07) is 7.68. The van der Waals surface area contributed by atoms with Crippen molar-refractivity contribution in [2.75, 3.05) is 6.54 Å². The van der Waals surface area contributed by atoms with E-state index in [2.05, 4.69) is 11.4 Å². The van der Waals surface area contributed by atoms with Gasteiger partial charge in [0, 0.05) is 11.7 Å². The van der Waals surface area contributed by atoms with Crippen molar-refractivity contribution in [3.63, 3.8) is 0 Å². The van der Waals surface area contributed by atoms with Gasteiger partial charge in [0.15, 0.2) is 0 Å². The fourth-order valence-corrected chi connectivity index (χ4v) is 5.30. The minimum atomic E-state index is -1.03. The number of amides is 4. The number of carbonyl (C=O) groups excluding carboxylic acids is 3. The maximum atomic E-state index is 13.6. The number of benzene rings is 1. The molecule has 1 N–H and O–H groups in total. The number of allylic oxidation sites excluding steroid dienone is 2. The summed E-state index contributed by atoms with van der Waals surface area (Å²) >= 11 is 0. The van der Waals surface area contributed by atoms with E-state index >= 15 is 0 Å². The molecule has 1 aliphatic heterocycles. The molecule has 6 heteroatoms. The van der Waals surface area contributed by atoms with Gasteiger partial charge in [-0.15, -0.1) is 0 Å². The highest BCUT2D eigenvalue weighted by Gasteiger charge is 2.54. The zero-order chi connectivity index (χ0) is 20.7. The average Bonchev–Trinajstić information content (AvgIpc) is 3.57. The fourth-order valence-electron chi connectivity index (χ4n) is 5.30. The molecule has 3 aliphatic carbocycles. The first kappa shape index (κ1) is 19.3. The molecule has 0 aromatic heterocycles. The fraction of sp³-hybridized carbons (Fsp3) is 0.542. The number of fused-ring (bicyclic) bond motifs is 2. The molecule has 4 amide bonds. The second-order valence-electron chi connectivity index (χ2n) is 9.03. The molecule has 1 saturated carbocycles. The third kappa shape index (κ3) is 3.22. The van der Waals surface area contributed by atoms with Crippen molar-refractivity contribution >= 4 is 17.8 Å². The summed E-state index contributed by atoms with van der Waals surface area (Å²) in [7, 11) is 0. The van der Waals surface area contributed by atoms with Gasteiger partial charge in [-0.1, -0.05) is 30.3 Å². The van der Waals surface area contributed by atoms with Gasteiger partial charge in [0.05, 0.1) is 0 Å². The van der Waals surface area contributed by atoms with Gasteiger partial charge in [-0.25, -0.2) is 4.79 Å². The SMILES string of the molecule is O=C1N[C@]2(CCCCc3ccccc32)C(=O)N1CC(=O)N(C1=CCCCC1)C1CC1. The number of aryl methyl sites for hydroxylation is 1. The van der Waals surface area contributed by atoms with E-state index in [0.717, 1.165) is 79.5 Å². The van der Waals surface area contributed by atoms with Crippen molar-refractivity contribution in [3.05, 3.63) is 47.2 Å². The minimum Gasteiger partial charge on any atom is -0.319 e. The van der Waals surface area contributed by atoms with Crippen LogP contribution in [0.15, 0.2) is 36.0 Å². The van der Waals surface area contributed by atoms with Crippen LogP contribution in [0.1, 0.15) is 68.9 Å². The van der Waals surface area contributed by atoms with Gasteiger partial charge in [-0.05, 0) is 75.3 Å². The molecule has 158 valence electrons. The number of imide groups is 1. The molecule has 1 atom stereocenters. The lowest BCUT2D eigenvalue weighted by Gasteiger charge is -2.30. The molecule has 1 saturated heterocycles. The van der Waals surface area contributed by atoms with E-state index in [0.29, 0.717) is 6.42 Å². The Morgan fingerprint density at radius 1 is 1.10 bits per heavy atom. The molecule has 0 radical (unpaired) electrons. The van der Waals surface area contributed by atoms with Crippen molar-refractivity contribution in [2.45, 2.75) is 75.8 Å². The zero-order valence-corrected chi connectivity index (χ0v) is 17.4. The Hall–Kier alpha value is -2.63. The van der Waals surface area contributed by atoms with Crippen LogP contribution in [0.2, 0.25) is 0 Å². The summed E-state index contributed by atoms with van der Waals surface area (Å²) in [6.45, 7) is -0.178. The number of urea groups is 1. The van der Waals surface area contributed by atoms with Crippen LogP contribution in [-0.4, -0.2) is 40.2 Å². The molecular formula is C24H29N3O3. The summed E-state index contributed by atoms with van der Waals surface area (Å²) in [5.41, 5.74) is 2.06. The van der Waals surface area contributed by atoms with Crippen LogP contribution in [0.25, 0.3) is 0 Å². The van der Waals surface area contributed by atoms with Crippen LogP contribution < -0.4 is 5.32 Å². The quantitative estimate of drug-likeness (QED) is 0.775. The number of carbonyl (C=O) groups is 3. The molecule has 0 bridgehead atoms. The molecule has 6 nitrogen and oxygen atoms in total. The predicted molar refractivity (Wildman–Crippen MR) is 112 cm³/mol. The smallest absolute Gasteiger partial charge is 0.319 e. The van der Waals surface area contributed by atoms with E-state index in [-0.39, 0.29) is 24.4 Å². The van der Waals surface area contributed by atoms with Gasteiger partial charge in [0.2, 0.25) is 5.91 Å². The summed E-state index contributed by atoms with van der Waals surface area (Å²) in [6.07, 6.45) is 11.6. The van der Waals surface area contributed by atoms with E-state index in [9.17, 15) is 14.4 Å². The number of nitrogens with one attached hydrogen (secondary N) is 1. The van der Waals surface area contributed by atoms with Crippen molar-refractivity contribution < 1.29 is 14.4 Å². The first-order valence-electron chi connectivity index (χ1n) is 11.3. The van der Waals surface area contributed by atoms with Crippen molar-refractivity contribution in [2.24, 2.45) is 0 Å². The predicted octanol–water partition coefficient (Wildman–Crippen LogP) is 3.61. The molecule has 1 aromatic rings. The zero-order valence-electron chi connectivity index (χ0n) is 17.4. The summed E-state index contributed by atoms with van der Waals surface area (Å²) < 4.78 is 0. The van der Waals surface area contributed by atoms with Gasteiger partial charge in [0.25, 0.3) is 5.91 Å². The second-order valence-corrected chi connectivity index (χ2v) is 9.03. The lowest BCUT2D eigenvalue weighted by atomic mass is 9.84. The minimum absolute atomic E-state index is 0.131. The van der Waals surface area contributed by atoms with E-state index < -0.39 is 11.6 Å². The van der Waals surface area contributed by atoms with Gasteiger partial charge in [0.1, 0.15) is 12.1 Å². The van der Waals surface area contributed by atoms with Crippen molar-refractivity contribution in [1.82, 2.24) is 15.1 Å². The summed E-state index contributed by atoms with van der Waals surface area (Å²) in [4.78, 5) is 42.8. The molecule has 30 heavy (non-hydrogen) atoms. The third-order valence-electron chi connectivity index (χ3n) is 6.95. The van der Waals surface area contributed by atoms with Gasteiger partial charge in [-0.2, -0.15) is 0 Å². The maximum Gasteiger partial charge on any atom is 0.325 e. The third-order valence-corrected chi connectivity index (χ3v) is 6.95. The molecule has 1 spiro atoms. The monoisotopic (exact) mass is 407 g/mol. The van der Waals surface area contributed by atoms with E-state index in [4.69, 9.17) is 0 Å². The highest BCUT2D eigenvalue weighted by atomic mass is 16.2. The van der Waals surface area contributed by atoms with Crippen LogP contribution in [0, 0.1) is 0 Å². The summed E-state index contributed by atoms with van der Waals surface area (Å²) in [5, 5.41) is 2.99. The topological polar surface area (TPSA) is 69.7 Å². The Morgan fingerprint density at radius 2 is 1.90 bits per heavy atom. The molecule has 5 rings (SSSR count). The number of nitrogens with zero attached hydrogens (tertiary/aromatic N) is 2. The average molecular weight is 408 g/mol. The Labute approximate surface area is 177 Å². The highest BCUT2D eigenvalue weighted by Crippen LogP contribution is 2.39. The van der Waals surface area contributed by atoms with E-state index in [1.54, 1.807) is 0 Å². The normalized spacial score (nSPS) is 26.1. The van der Waals surface area contributed by atoms with Crippen molar-refractivity contribution in [1.29, 1.82) is 0 Å². The Balaban J connectivity index is 1.41. The van der Waals surface area contributed by atoms with E-state index in [1.807, 2.05) is 29.2 Å². The second kappa shape index (κ2) is 7.56. The first-order chi connectivity index (χ1) is 14.6. The first-order valence-corrected chi connectivity index (χ1v) is 11.3. The maximum absolute atomic E-state index is 13.6. The number of hydrogen-bond donors (Lipinski definition) is 1. The van der Waals surface area contributed by atoms with E-state index in [1.165, 1.54) is 0 Å². The Kier molecular flexibility index (Phi) is 4.88. The molecule has 1 heterocycles. The lowest BCUT2D eigenvalue weighted by molar-refractivity contribution is -0.138. The highest BCUT2D eigenvalue weighted by molar-refractivity contribution is 6.09. The number of rotatable bonds is 4. The molecular weight excluding hydrogens is 378 g/mol. The largest absolute Gasteiger partial charge is 0.325 e. The molecule has 2 fully saturated rings. The summed E-state index contributed by atoms with van der Waals surface area (Å²) in [5.74, 6) is -0.406. The van der Waals surface area contributed by atoms with Gasteiger partial charge in [-0.3, -0.25) is 14.5 Å². The van der Waals surface area contributed by atoms with Crippen LogP contribution in [0.5, 0.6) is 0 Å². The van der Waals surface area contributed by atoms with Crippen LogP contribution >= 0.6 is 0 Å². The van der Waals surface area contributed by atoms with Gasteiger partial charge >= 0.3 is 6.03 Å². The molecule has 4 aliphatic rings. The number of hydrogen-bond acceptors (Lipinski definition) is 3.